The van der Waals surface area contributed by atoms with Crippen molar-refractivity contribution in [3.63, 3.8) is 0 Å². The SMILES string of the molecule is COc1cc(/C=C/C(=O)Nc2ccc(Oc3ccc(-n4ccc(C)n4)nn3)cc2)cc(OC)c1OC. The first-order valence-corrected chi connectivity index (χ1v) is 10.9. The summed E-state index contributed by atoms with van der Waals surface area (Å²) in [6.45, 7) is 1.90. The van der Waals surface area contributed by atoms with Gasteiger partial charge in [0.25, 0.3) is 0 Å². The quantitative estimate of drug-likeness (QED) is 0.345. The standard InChI is InChI=1S/C26H25N5O5/c1-17-13-14-31(30-17)23-10-12-25(29-28-23)36-20-8-6-19(7-9-20)27-24(32)11-5-18-15-21(33-2)26(35-4)22(16-18)34-3/h5-16H,1-4H3,(H,27,32)/b11-5+. The van der Waals surface area contributed by atoms with Gasteiger partial charge in [0.1, 0.15) is 5.75 Å². The predicted octanol–water partition coefficient (Wildman–Crippen LogP) is 4.44. The van der Waals surface area contributed by atoms with Crippen molar-refractivity contribution in [1.29, 1.82) is 0 Å². The fraction of sp³-hybridized carbons (Fsp3) is 0.154. The van der Waals surface area contributed by atoms with E-state index in [0.29, 0.717) is 40.4 Å². The molecule has 0 saturated heterocycles. The van der Waals surface area contributed by atoms with Gasteiger partial charge in [0, 0.05) is 24.0 Å². The van der Waals surface area contributed by atoms with Crippen LogP contribution in [0, 0.1) is 6.92 Å². The van der Waals surface area contributed by atoms with E-state index in [-0.39, 0.29) is 5.91 Å². The average Bonchev–Trinajstić information content (AvgIpc) is 3.34. The summed E-state index contributed by atoms with van der Waals surface area (Å²) in [5, 5.41) is 15.3. The van der Waals surface area contributed by atoms with Gasteiger partial charge < -0.3 is 24.3 Å². The molecule has 0 bridgehead atoms. The summed E-state index contributed by atoms with van der Waals surface area (Å²) in [5.41, 5.74) is 2.22. The molecule has 0 atom stereocenters. The third-order valence-electron chi connectivity index (χ3n) is 5.04. The van der Waals surface area contributed by atoms with Gasteiger partial charge in [0.05, 0.1) is 27.0 Å². The molecule has 0 fully saturated rings. The van der Waals surface area contributed by atoms with E-state index in [4.69, 9.17) is 18.9 Å². The van der Waals surface area contributed by atoms with Crippen LogP contribution in [0.5, 0.6) is 28.9 Å². The van der Waals surface area contributed by atoms with Crippen molar-refractivity contribution in [1.82, 2.24) is 20.0 Å². The monoisotopic (exact) mass is 487 g/mol. The van der Waals surface area contributed by atoms with Crippen molar-refractivity contribution in [3.05, 3.63) is 78.1 Å². The second-order valence-corrected chi connectivity index (χ2v) is 7.54. The molecule has 184 valence electrons. The second kappa shape index (κ2) is 11.0. The minimum atomic E-state index is -0.298. The normalized spacial score (nSPS) is 10.8. The van der Waals surface area contributed by atoms with Crippen LogP contribution in [0.4, 0.5) is 5.69 Å². The molecule has 0 saturated carbocycles. The van der Waals surface area contributed by atoms with Crippen molar-refractivity contribution in [2.24, 2.45) is 0 Å². The van der Waals surface area contributed by atoms with Gasteiger partial charge in [-0.2, -0.15) is 5.10 Å². The molecular weight excluding hydrogens is 462 g/mol. The summed E-state index contributed by atoms with van der Waals surface area (Å²) in [6.07, 6.45) is 4.89. The lowest BCUT2D eigenvalue weighted by Gasteiger charge is -2.12. The van der Waals surface area contributed by atoms with Crippen LogP contribution >= 0.6 is 0 Å². The smallest absolute Gasteiger partial charge is 0.248 e. The van der Waals surface area contributed by atoms with Crippen molar-refractivity contribution in [2.45, 2.75) is 6.92 Å². The number of ether oxygens (including phenoxy) is 4. The highest BCUT2D eigenvalue weighted by Gasteiger charge is 2.12. The molecule has 2 aromatic heterocycles. The maximum atomic E-state index is 12.4. The first-order valence-electron chi connectivity index (χ1n) is 10.9. The van der Waals surface area contributed by atoms with Crippen molar-refractivity contribution >= 4 is 17.7 Å². The van der Waals surface area contributed by atoms with E-state index in [9.17, 15) is 4.79 Å². The molecule has 10 heteroatoms. The Morgan fingerprint density at radius 2 is 1.64 bits per heavy atom. The lowest BCUT2D eigenvalue weighted by atomic mass is 10.1. The van der Waals surface area contributed by atoms with E-state index < -0.39 is 0 Å². The molecule has 4 aromatic rings. The van der Waals surface area contributed by atoms with Crippen LogP contribution in [0.25, 0.3) is 11.9 Å². The third kappa shape index (κ3) is 5.79. The van der Waals surface area contributed by atoms with Crippen molar-refractivity contribution in [3.8, 4) is 34.7 Å². The van der Waals surface area contributed by atoms with Crippen LogP contribution in [0.3, 0.4) is 0 Å². The lowest BCUT2D eigenvalue weighted by Crippen LogP contribution is -2.07. The van der Waals surface area contributed by atoms with Gasteiger partial charge in [-0.25, -0.2) is 4.68 Å². The molecule has 2 heterocycles. The summed E-state index contributed by atoms with van der Waals surface area (Å²) in [7, 11) is 4.61. The van der Waals surface area contributed by atoms with E-state index in [1.807, 2.05) is 19.2 Å². The van der Waals surface area contributed by atoms with Gasteiger partial charge in [-0.05, 0) is 67.1 Å². The number of hydrogen-bond acceptors (Lipinski definition) is 8. The van der Waals surface area contributed by atoms with Crippen LogP contribution < -0.4 is 24.3 Å². The fourth-order valence-electron chi connectivity index (χ4n) is 3.31. The Kier molecular flexibility index (Phi) is 7.45. The topological polar surface area (TPSA) is 110 Å². The van der Waals surface area contributed by atoms with E-state index >= 15 is 0 Å². The van der Waals surface area contributed by atoms with Crippen molar-refractivity contribution < 1.29 is 23.7 Å². The van der Waals surface area contributed by atoms with E-state index in [2.05, 4.69) is 20.6 Å². The largest absolute Gasteiger partial charge is 0.493 e. The summed E-state index contributed by atoms with van der Waals surface area (Å²) in [5.74, 6) is 2.68. The maximum Gasteiger partial charge on any atom is 0.248 e. The number of amides is 1. The molecule has 36 heavy (non-hydrogen) atoms. The summed E-state index contributed by atoms with van der Waals surface area (Å²) >= 11 is 0. The number of nitrogens with one attached hydrogen (secondary N) is 1. The first kappa shape index (κ1) is 24.3. The molecule has 4 rings (SSSR count). The Hall–Kier alpha value is -4.86. The van der Waals surface area contributed by atoms with Crippen molar-refractivity contribution in [2.75, 3.05) is 26.6 Å². The molecule has 0 aliphatic heterocycles. The number of benzene rings is 2. The molecule has 0 unspecified atom stereocenters. The number of anilines is 1. The summed E-state index contributed by atoms with van der Waals surface area (Å²) in [6, 6.07) is 15.8. The number of methoxy groups -OCH3 is 3. The Balaban J connectivity index is 1.36. The molecular formula is C26H25N5O5. The van der Waals surface area contributed by atoms with Crippen LogP contribution in [-0.4, -0.2) is 47.2 Å². The zero-order chi connectivity index (χ0) is 25.5. The third-order valence-corrected chi connectivity index (χ3v) is 5.04. The highest BCUT2D eigenvalue weighted by Crippen LogP contribution is 2.38. The Morgan fingerprint density at radius 1 is 0.917 bits per heavy atom. The van der Waals surface area contributed by atoms with Crippen LogP contribution in [0.1, 0.15) is 11.3 Å². The average molecular weight is 488 g/mol. The number of carbonyl (C=O) groups is 1. The summed E-state index contributed by atoms with van der Waals surface area (Å²) < 4.78 is 23.4. The van der Waals surface area contributed by atoms with Gasteiger partial charge in [0.15, 0.2) is 17.3 Å². The van der Waals surface area contributed by atoms with Gasteiger partial charge >= 0.3 is 0 Å². The zero-order valence-electron chi connectivity index (χ0n) is 20.3. The highest BCUT2D eigenvalue weighted by molar-refractivity contribution is 6.02. The molecule has 0 aliphatic carbocycles. The number of nitrogens with zero attached hydrogens (tertiary/aromatic N) is 4. The minimum Gasteiger partial charge on any atom is -0.493 e. The molecule has 0 aliphatic rings. The number of aryl methyl sites for hydroxylation is 1. The molecule has 10 nitrogen and oxygen atoms in total. The highest BCUT2D eigenvalue weighted by atomic mass is 16.5. The van der Waals surface area contributed by atoms with Gasteiger partial charge in [0.2, 0.25) is 17.5 Å². The summed E-state index contributed by atoms with van der Waals surface area (Å²) in [4.78, 5) is 12.4. The zero-order valence-corrected chi connectivity index (χ0v) is 20.3. The van der Waals surface area contributed by atoms with E-state index in [0.717, 1.165) is 11.3 Å². The Morgan fingerprint density at radius 3 is 2.19 bits per heavy atom. The number of rotatable bonds is 9. The molecule has 2 aromatic carbocycles. The van der Waals surface area contributed by atoms with Crippen LogP contribution in [-0.2, 0) is 4.79 Å². The number of carbonyl (C=O) groups excluding carboxylic acids is 1. The van der Waals surface area contributed by atoms with Gasteiger partial charge in [-0.15, -0.1) is 10.2 Å². The minimum absolute atomic E-state index is 0.298. The van der Waals surface area contributed by atoms with Gasteiger partial charge in [-0.3, -0.25) is 4.79 Å². The predicted molar refractivity (Wildman–Crippen MR) is 134 cm³/mol. The van der Waals surface area contributed by atoms with E-state index in [1.54, 1.807) is 59.3 Å². The lowest BCUT2D eigenvalue weighted by molar-refractivity contribution is -0.111. The van der Waals surface area contributed by atoms with Crippen LogP contribution in [0.15, 0.2) is 66.9 Å². The first-order chi connectivity index (χ1) is 17.5. The second-order valence-electron chi connectivity index (χ2n) is 7.54. The van der Waals surface area contributed by atoms with Crippen LogP contribution in [0.2, 0.25) is 0 Å². The molecule has 0 spiro atoms. The Bertz CT molecular complexity index is 1340. The molecule has 1 N–H and O–H groups in total. The van der Waals surface area contributed by atoms with Gasteiger partial charge in [-0.1, -0.05) is 0 Å². The molecule has 1 amide bonds. The fourth-order valence-corrected chi connectivity index (χ4v) is 3.31. The van der Waals surface area contributed by atoms with E-state index in [1.165, 1.54) is 27.4 Å². The number of hydrogen-bond donors (Lipinski definition) is 1. The number of aromatic nitrogens is 4. The Labute approximate surface area is 208 Å². The molecule has 0 radical (unpaired) electrons. The maximum absolute atomic E-state index is 12.4.